The number of aromatic nitrogens is 2. The Morgan fingerprint density at radius 1 is 1.48 bits per heavy atom. The highest BCUT2D eigenvalue weighted by Gasteiger charge is 2.22. The number of aromatic amines is 1. The van der Waals surface area contributed by atoms with Gasteiger partial charge in [0.2, 0.25) is 11.9 Å². The lowest BCUT2D eigenvalue weighted by atomic mass is 10.1. The Labute approximate surface area is 124 Å². The first-order valence-corrected chi connectivity index (χ1v) is 7.21. The van der Waals surface area contributed by atoms with E-state index in [0.717, 1.165) is 31.6 Å². The highest BCUT2D eigenvalue weighted by molar-refractivity contribution is 5.78. The van der Waals surface area contributed by atoms with Gasteiger partial charge in [-0.2, -0.15) is 0 Å². The quantitative estimate of drug-likeness (QED) is 0.798. The van der Waals surface area contributed by atoms with Gasteiger partial charge in [-0.05, 0) is 33.9 Å². The molecule has 1 fully saturated rings. The van der Waals surface area contributed by atoms with E-state index in [1.807, 2.05) is 25.9 Å². The largest absolute Gasteiger partial charge is 0.352 e. The van der Waals surface area contributed by atoms with Crippen LogP contribution in [0.5, 0.6) is 0 Å². The molecule has 2 heterocycles. The van der Waals surface area contributed by atoms with Crippen molar-refractivity contribution in [3.8, 4) is 0 Å². The molecule has 1 aliphatic rings. The zero-order valence-electron chi connectivity index (χ0n) is 12.8. The number of nitrogens with zero attached hydrogens (tertiary/aromatic N) is 3. The first-order chi connectivity index (χ1) is 9.94. The zero-order valence-corrected chi connectivity index (χ0v) is 12.8. The number of amides is 1. The third-order valence-electron chi connectivity index (χ3n) is 3.48. The molecule has 0 spiro atoms. The van der Waals surface area contributed by atoms with Crippen molar-refractivity contribution in [2.45, 2.75) is 25.8 Å². The molecule has 0 atom stereocenters. The molecule has 7 heteroatoms. The molecule has 0 unspecified atom stereocenters. The molecule has 0 aromatic carbocycles. The molecule has 2 N–H and O–H groups in total. The fourth-order valence-electron chi connectivity index (χ4n) is 2.51. The number of H-pyrrole nitrogens is 1. The van der Waals surface area contributed by atoms with Gasteiger partial charge in [-0.15, -0.1) is 0 Å². The predicted molar refractivity (Wildman–Crippen MR) is 81.5 cm³/mol. The summed E-state index contributed by atoms with van der Waals surface area (Å²) in [7, 11) is 3.75. The maximum Gasteiger partial charge on any atom is 0.252 e. The monoisotopic (exact) mass is 293 g/mol. The number of nitrogens with one attached hydrogen (secondary N) is 2. The van der Waals surface area contributed by atoms with Gasteiger partial charge in [0, 0.05) is 30.9 Å². The van der Waals surface area contributed by atoms with E-state index in [-0.39, 0.29) is 17.5 Å². The van der Waals surface area contributed by atoms with Gasteiger partial charge in [0.1, 0.15) is 0 Å². The third-order valence-corrected chi connectivity index (χ3v) is 3.48. The van der Waals surface area contributed by atoms with Gasteiger partial charge in [-0.25, -0.2) is 4.98 Å². The second-order valence-electron chi connectivity index (χ2n) is 5.78. The van der Waals surface area contributed by atoms with Crippen LogP contribution in [0, 0.1) is 6.92 Å². The maximum absolute atomic E-state index is 11.7. The van der Waals surface area contributed by atoms with Crippen LogP contribution >= 0.6 is 0 Å². The van der Waals surface area contributed by atoms with Gasteiger partial charge < -0.3 is 15.1 Å². The van der Waals surface area contributed by atoms with Crippen molar-refractivity contribution in [3.05, 3.63) is 22.1 Å². The summed E-state index contributed by atoms with van der Waals surface area (Å²) in [5.41, 5.74) is 0.592. The van der Waals surface area contributed by atoms with E-state index in [1.54, 1.807) is 0 Å². The first-order valence-electron chi connectivity index (χ1n) is 7.21. The van der Waals surface area contributed by atoms with Crippen LogP contribution < -0.4 is 15.8 Å². The number of carbonyl (C=O) groups is 1. The van der Waals surface area contributed by atoms with Crippen molar-refractivity contribution in [3.63, 3.8) is 0 Å². The fourth-order valence-corrected chi connectivity index (χ4v) is 2.51. The van der Waals surface area contributed by atoms with Crippen molar-refractivity contribution in [2.75, 3.05) is 38.6 Å². The van der Waals surface area contributed by atoms with Crippen LogP contribution in [0.4, 0.5) is 5.95 Å². The summed E-state index contributed by atoms with van der Waals surface area (Å²) in [5, 5.41) is 3.05. The number of aryl methyl sites for hydroxylation is 1. The Hall–Kier alpha value is -1.89. The molecule has 0 radical (unpaired) electrons. The highest BCUT2D eigenvalue weighted by Crippen LogP contribution is 2.15. The minimum Gasteiger partial charge on any atom is -0.352 e. The zero-order chi connectivity index (χ0) is 15.4. The van der Waals surface area contributed by atoms with Crippen molar-refractivity contribution in [2.24, 2.45) is 0 Å². The van der Waals surface area contributed by atoms with E-state index in [2.05, 4.69) is 20.2 Å². The van der Waals surface area contributed by atoms with Gasteiger partial charge in [0.05, 0.1) is 6.54 Å². The molecule has 1 aromatic heterocycles. The van der Waals surface area contributed by atoms with Crippen molar-refractivity contribution in [1.29, 1.82) is 0 Å². The van der Waals surface area contributed by atoms with Crippen LogP contribution in [0.15, 0.2) is 10.9 Å². The van der Waals surface area contributed by atoms with E-state index in [4.69, 9.17) is 0 Å². The topological polar surface area (TPSA) is 81.3 Å². The molecule has 0 aliphatic carbocycles. The van der Waals surface area contributed by atoms with Crippen LogP contribution in [-0.2, 0) is 4.79 Å². The molecule has 0 saturated carbocycles. The molecule has 0 bridgehead atoms. The maximum atomic E-state index is 11.7. The standard InChI is InChI=1S/C14H23N5O2/c1-10-8-12(20)17-14(15-10)19-6-4-11(5-7-19)16-13(21)9-18(2)3/h8,11H,4-7,9H2,1-3H3,(H,16,21)(H,15,17,20). The van der Waals surface area contributed by atoms with E-state index < -0.39 is 0 Å². The second kappa shape index (κ2) is 6.71. The molecular formula is C14H23N5O2. The van der Waals surface area contributed by atoms with E-state index >= 15 is 0 Å². The van der Waals surface area contributed by atoms with Crippen molar-refractivity contribution < 1.29 is 4.79 Å². The van der Waals surface area contributed by atoms with E-state index in [9.17, 15) is 9.59 Å². The summed E-state index contributed by atoms with van der Waals surface area (Å²) in [4.78, 5) is 34.3. The Morgan fingerprint density at radius 2 is 2.14 bits per heavy atom. The summed E-state index contributed by atoms with van der Waals surface area (Å²) in [6, 6.07) is 1.68. The number of rotatable bonds is 4. The molecule has 116 valence electrons. The molecule has 1 amide bonds. The minimum atomic E-state index is -0.126. The summed E-state index contributed by atoms with van der Waals surface area (Å²) in [6.07, 6.45) is 1.72. The lowest BCUT2D eigenvalue weighted by Gasteiger charge is -2.32. The van der Waals surface area contributed by atoms with E-state index in [0.29, 0.717) is 12.5 Å². The highest BCUT2D eigenvalue weighted by atomic mass is 16.2. The third kappa shape index (κ3) is 4.56. The Morgan fingerprint density at radius 3 is 2.71 bits per heavy atom. The Kier molecular flexibility index (Phi) is 4.95. The van der Waals surface area contributed by atoms with Gasteiger partial charge in [0.15, 0.2) is 0 Å². The van der Waals surface area contributed by atoms with Gasteiger partial charge in [0.25, 0.3) is 5.56 Å². The summed E-state index contributed by atoms with van der Waals surface area (Å²) in [6.45, 7) is 3.78. The van der Waals surface area contributed by atoms with Gasteiger partial charge in [-0.3, -0.25) is 14.6 Å². The van der Waals surface area contributed by atoms with Crippen LogP contribution in [0.25, 0.3) is 0 Å². The number of anilines is 1. The Balaban J connectivity index is 1.88. The number of carbonyl (C=O) groups excluding carboxylic acids is 1. The number of likely N-dealkylation sites (N-methyl/N-ethyl adjacent to an activating group) is 1. The SMILES string of the molecule is Cc1cc(=O)[nH]c(N2CCC(NC(=O)CN(C)C)CC2)n1. The van der Waals surface area contributed by atoms with E-state index in [1.165, 1.54) is 6.07 Å². The van der Waals surface area contributed by atoms with Gasteiger partial charge in [-0.1, -0.05) is 0 Å². The van der Waals surface area contributed by atoms with Crippen LogP contribution in [-0.4, -0.2) is 60.5 Å². The summed E-state index contributed by atoms with van der Waals surface area (Å²) in [5.74, 6) is 0.679. The molecule has 1 aliphatic heterocycles. The fraction of sp³-hybridized carbons (Fsp3) is 0.643. The molecule has 7 nitrogen and oxygen atoms in total. The predicted octanol–water partition coefficient (Wildman–Crippen LogP) is -0.275. The normalized spacial score (nSPS) is 16.3. The van der Waals surface area contributed by atoms with Gasteiger partial charge >= 0.3 is 0 Å². The van der Waals surface area contributed by atoms with Crippen LogP contribution in [0.2, 0.25) is 0 Å². The first kappa shape index (κ1) is 15.5. The van der Waals surface area contributed by atoms with Crippen LogP contribution in [0.1, 0.15) is 18.5 Å². The lowest BCUT2D eigenvalue weighted by molar-refractivity contribution is -0.122. The molecule has 21 heavy (non-hydrogen) atoms. The second-order valence-corrected chi connectivity index (χ2v) is 5.78. The smallest absolute Gasteiger partial charge is 0.252 e. The number of hydrogen-bond acceptors (Lipinski definition) is 5. The van der Waals surface area contributed by atoms with Crippen LogP contribution in [0.3, 0.4) is 0 Å². The summed E-state index contributed by atoms with van der Waals surface area (Å²) >= 11 is 0. The average molecular weight is 293 g/mol. The average Bonchev–Trinajstić information content (AvgIpc) is 2.37. The molecule has 1 aromatic rings. The van der Waals surface area contributed by atoms with Crippen molar-refractivity contribution in [1.82, 2.24) is 20.2 Å². The Bertz CT molecular complexity index is 547. The van der Waals surface area contributed by atoms with Crippen molar-refractivity contribution >= 4 is 11.9 Å². The summed E-state index contributed by atoms with van der Waals surface area (Å²) < 4.78 is 0. The lowest BCUT2D eigenvalue weighted by Crippen LogP contribution is -2.47. The number of piperidine rings is 1. The number of hydrogen-bond donors (Lipinski definition) is 2. The molecular weight excluding hydrogens is 270 g/mol. The minimum absolute atomic E-state index is 0.0561. The molecule has 1 saturated heterocycles. The molecule has 2 rings (SSSR count).